The van der Waals surface area contributed by atoms with Gasteiger partial charge in [0.05, 0.1) is 22.4 Å². The smallest absolute Gasteiger partial charge is 0.255 e. The first-order valence-electron chi connectivity index (χ1n) is 5.63. The van der Waals surface area contributed by atoms with Gasteiger partial charge in [-0.1, -0.05) is 23.2 Å². The first-order chi connectivity index (χ1) is 9.65. The number of anilines is 1. The maximum atomic E-state index is 12.2. The molecule has 0 spiro atoms. The molecule has 1 N–H and O–H groups in total. The van der Waals surface area contributed by atoms with Crippen LogP contribution in [0, 0.1) is 0 Å². The molecule has 1 amide bonds. The van der Waals surface area contributed by atoms with Crippen molar-refractivity contribution in [1.29, 1.82) is 0 Å². The van der Waals surface area contributed by atoms with Crippen molar-refractivity contribution in [2.24, 2.45) is 0 Å². The van der Waals surface area contributed by atoms with Gasteiger partial charge in [0.1, 0.15) is 11.0 Å². The SMILES string of the molecule is O=C(Nc1c(Cl)ccc2nsnc12)c1ccc(Cl)cc1. The van der Waals surface area contributed by atoms with Crippen LogP contribution in [0.3, 0.4) is 0 Å². The van der Waals surface area contributed by atoms with E-state index in [0.29, 0.717) is 32.3 Å². The molecule has 20 heavy (non-hydrogen) atoms. The van der Waals surface area contributed by atoms with Crippen LogP contribution in [0.25, 0.3) is 11.0 Å². The number of nitrogens with zero attached hydrogens (tertiary/aromatic N) is 2. The zero-order chi connectivity index (χ0) is 14.1. The topological polar surface area (TPSA) is 54.9 Å². The maximum Gasteiger partial charge on any atom is 0.255 e. The minimum absolute atomic E-state index is 0.274. The van der Waals surface area contributed by atoms with Crippen molar-refractivity contribution in [3.8, 4) is 0 Å². The summed E-state index contributed by atoms with van der Waals surface area (Å²) in [5, 5.41) is 3.76. The number of aromatic nitrogens is 2. The van der Waals surface area contributed by atoms with Crippen LogP contribution in [-0.4, -0.2) is 14.7 Å². The summed E-state index contributed by atoms with van der Waals surface area (Å²) in [5.41, 5.74) is 2.25. The van der Waals surface area contributed by atoms with E-state index in [-0.39, 0.29) is 5.91 Å². The molecule has 0 saturated heterocycles. The van der Waals surface area contributed by atoms with E-state index in [1.54, 1.807) is 36.4 Å². The van der Waals surface area contributed by atoms with Gasteiger partial charge in [-0.15, -0.1) is 0 Å². The van der Waals surface area contributed by atoms with Crippen LogP contribution in [0.5, 0.6) is 0 Å². The summed E-state index contributed by atoms with van der Waals surface area (Å²) in [7, 11) is 0. The quantitative estimate of drug-likeness (QED) is 0.767. The number of halogens is 2. The van der Waals surface area contributed by atoms with Gasteiger partial charge in [-0.3, -0.25) is 4.79 Å². The van der Waals surface area contributed by atoms with Crippen LogP contribution < -0.4 is 5.32 Å². The lowest BCUT2D eigenvalue weighted by molar-refractivity contribution is 0.102. The number of hydrogen-bond donors (Lipinski definition) is 1. The van der Waals surface area contributed by atoms with Gasteiger partial charge in [-0.25, -0.2) is 0 Å². The lowest BCUT2D eigenvalue weighted by atomic mass is 10.2. The molecule has 0 bridgehead atoms. The normalized spacial score (nSPS) is 10.7. The molecule has 3 rings (SSSR count). The second-order valence-corrected chi connectivity index (χ2v) is 5.39. The van der Waals surface area contributed by atoms with E-state index in [4.69, 9.17) is 23.2 Å². The van der Waals surface area contributed by atoms with Crippen LogP contribution in [0.1, 0.15) is 10.4 Å². The van der Waals surface area contributed by atoms with E-state index in [2.05, 4.69) is 14.1 Å². The van der Waals surface area contributed by atoms with Crippen molar-refractivity contribution in [3.63, 3.8) is 0 Å². The standard InChI is InChI=1S/C13H7Cl2N3OS/c14-8-3-1-7(2-4-8)13(19)16-11-9(15)5-6-10-12(11)18-20-17-10/h1-6H,(H,16,19). The molecular formula is C13H7Cl2N3OS. The summed E-state index contributed by atoms with van der Waals surface area (Å²) < 4.78 is 8.27. The number of benzene rings is 2. The molecule has 0 aliphatic rings. The predicted octanol–water partition coefficient (Wildman–Crippen LogP) is 4.25. The summed E-state index contributed by atoms with van der Waals surface area (Å²) in [6.45, 7) is 0. The number of carbonyl (C=O) groups is 1. The number of rotatable bonds is 2. The van der Waals surface area contributed by atoms with Gasteiger partial charge in [0.2, 0.25) is 0 Å². The molecule has 0 aliphatic carbocycles. The molecule has 0 unspecified atom stereocenters. The van der Waals surface area contributed by atoms with Crippen molar-refractivity contribution < 1.29 is 4.79 Å². The van der Waals surface area contributed by atoms with E-state index in [1.165, 1.54) is 0 Å². The zero-order valence-electron chi connectivity index (χ0n) is 9.93. The fraction of sp³-hybridized carbons (Fsp3) is 0. The average Bonchev–Trinajstić information content (AvgIpc) is 2.91. The Kier molecular flexibility index (Phi) is 3.56. The maximum absolute atomic E-state index is 12.2. The lowest BCUT2D eigenvalue weighted by Gasteiger charge is -2.07. The Morgan fingerprint density at radius 2 is 1.80 bits per heavy atom. The molecule has 7 heteroatoms. The first-order valence-corrected chi connectivity index (χ1v) is 7.11. The van der Waals surface area contributed by atoms with Gasteiger partial charge in [-0.2, -0.15) is 8.75 Å². The van der Waals surface area contributed by atoms with E-state index >= 15 is 0 Å². The highest BCUT2D eigenvalue weighted by molar-refractivity contribution is 7.00. The Labute approximate surface area is 128 Å². The molecule has 0 saturated carbocycles. The fourth-order valence-electron chi connectivity index (χ4n) is 1.73. The van der Waals surface area contributed by atoms with Crippen molar-refractivity contribution in [1.82, 2.24) is 8.75 Å². The minimum atomic E-state index is -0.274. The van der Waals surface area contributed by atoms with Crippen LogP contribution in [0.2, 0.25) is 10.0 Å². The van der Waals surface area contributed by atoms with Gasteiger partial charge < -0.3 is 5.32 Å². The molecular weight excluding hydrogens is 317 g/mol. The van der Waals surface area contributed by atoms with E-state index in [9.17, 15) is 4.79 Å². The molecule has 0 atom stereocenters. The molecule has 1 heterocycles. The van der Waals surface area contributed by atoms with Crippen LogP contribution in [-0.2, 0) is 0 Å². The summed E-state index contributed by atoms with van der Waals surface area (Å²) >= 11 is 13.0. The third kappa shape index (κ3) is 2.47. The zero-order valence-corrected chi connectivity index (χ0v) is 12.3. The van der Waals surface area contributed by atoms with Crippen molar-refractivity contribution in [2.75, 3.05) is 5.32 Å². The van der Waals surface area contributed by atoms with Crippen LogP contribution in [0.4, 0.5) is 5.69 Å². The molecule has 100 valence electrons. The van der Waals surface area contributed by atoms with Crippen LogP contribution in [0.15, 0.2) is 36.4 Å². The highest BCUT2D eigenvalue weighted by atomic mass is 35.5. The Balaban J connectivity index is 1.96. The summed E-state index contributed by atoms with van der Waals surface area (Å²) in [4.78, 5) is 12.2. The van der Waals surface area contributed by atoms with E-state index < -0.39 is 0 Å². The van der Waals surface area contributed by atoms with Crippen molar-refractivity contribution in [3.05, 3.63) is 52.0 Å². The molecule has 1 aromatic heterocycles. The Bertz CT molecular complexity index is 786. The largest absolute Gasteiger partial charge is 0.319 e. The minimum Gasteiger partial charge on any atom is -0.319 e. The first kappa shape index (κ1) is 13.3. The van der Waals surface area contributed by atoms with Gasteiger partial charge in [0.25, 0.3) is 5.91 Å². The van der Waals surface area contributed by atoms with Crippen molar-refractivity contribution >= 4 is 57.6 Å². The fourth-order valence-corrected chi connectivity index (χ4v) is 2.60. The lowest BCUT2D eigenvalue weighted by Crippen LogP contribution is -2.12. The second-order valence-electron chi connectivity index (χ2n) is 4.02. The summed E-state index contributed by atoms with van der Waals surface area (Å²) in [5.74, 6) is -0.274. The van der Waals surface area contributed by atoms with Gasteiger partial charge in [-0.05, 0) is 36.4 Å². The summed E-state index contributed by atoms with van der Waals surface area (Å²) in [6, 6.07) is 10.0. The molecule has 0 fully saturated rings. The number of hydrogen-bond acceptors (Lipinski definition) is 4. The molecule has 4 nitrogen and oxygen atoms in total. The Hall–Kier alpha value is -1.69. The number of fused-ring (bicyclic) bond motifs is 1. The predicted molar refractivity (Wildman–Crippen MR) is 81.8 cm³/mol. The summed E-state index contributed by atoms with van der Waals surface area (Å²) in [6.07, 6.45) is 0. The number of carbonyl (C=O) groups excluding carboxylic acids is 1. The van der Waals surface area contributed by atoms with Gasteiger partial charge in [0.15, 0.2) is 0 Å². The molecule has 0 radical (unpaired) electrons. The number of nitrogens with one attached hydrogen (secondary N) is 1. The highest BCUT2D eigenvalue weighted by Gasteiger charge is 2.14. The van der Waals surface area contributed by atoms with Gasteiger partial charge >= 0.3 is 0 Å². The third-order valence-corrected chi connectivity index (χ3v) is 3.83. The molecule has 2 aromatic carbocycles. The van der Waals surface area contributed by atoms with Crippen LogP contribution >= 0.6 is 34.9 Å². The third-order valence-electron chi connectivity index (χ3n) is 2.72. The molecule has 3 aromatic rings. The monoisotopic (exact) mass is 323 g/mol. The Morgan fingerprint density at radius 3 is 2.55 bits per heavy atom. The Morgan fingerprint density at radius 1 is 1.05 bits per heavy atom. The van der Waals surface area contributed by atoms with Crippen molar-refractivity contribution in [2.45, 2.75) is 0 Å². The van der Waals surface area contributed by atoms with Gasteiger partial charge in [0, 0.05) is 10.6 Å². The number of amides is 1. The second kappa shape index (κ2) is 5.36. The average molecular weight is 324 g/mol. The molecule has 0 aliphatic heterocycles. The van der Waals surface area contributed by atoms with E-state index in [0.717, 1.165) is 11.7 Å². The van der Waals surface area contributed by atoms with E-state index in [1.807, 2.05) is 0 Å². The highest BCUT2D eigenvalue weighted by Crippen LogP contribution is 2.30.